The SMILES string of the molecule is CC(C)(C)OC(=O)NC1CCNCC12CC2. The molecule has 16 heavy (non-hydrogen) atoms. The van der Waals surface area contributed by atoms with Crippen LogP contribution in [0.25, 0.3) is 0 Å². The highest BCUT2D eigenvalue weighted by atomic mass is 16.6. The molecule has 1 heterocycles. The number of piperidine rings is 1. The van der Waals surface area contributed by atoms with Gasteiger partial charge in [0.2, 0.25) is 0 Å². The van der Waals surface area contributed by atoms with Crippen LogP contribution in [0.2, 0.25) is 0 Å². The predicted octanol–water partition coefficient (Wildman–Crippen LogP) is 1.65. The maximum Gasteiger partial charge on any atom is 0.407 e. The zero-order valence-corrected chi connectivity index (χ0v) is 10.4. The molecule has 4 nitrogen and oxygen atoms in total. The summed E-state index contributed by atoms with van der Waals surface area (Å²) in [6, 6.07) is 0.295. The first-order valence-corrected chi connectivity index (χ1v) is 6.12. The van der Waals surface area contributed by atoms with E-state index in [2.05, 4.69) is 10.6 Å². The van der Waals surface area contributed by atoms with Gasteiger partial charge in [-0.25, -0.2) is 4.79 Å². The van der Waals surface area contributed by atoms with E-state index in [1.807, 2.05) is 20.8 Å². The molecule has 4 heteroatoms. The van der Waals surface area contributed by atoms with Crippen LogP contribution in [0.5, 0.6) is 0 Å². The Balaban J connectivity index is 1.86. The topological polar surface area (TPSA) is 50.4 Å². The summed E-state index contributed by atoms with van der Waals surface area (Å²) in [7, 11) is 0. The predicted molar refractivity (Wildman–Crippen MR) is 62.3 cm³/mol. The van der Waals surface area contributed by atoms with Crippen molar-refractivity contribution >= 4 is 6.09 Å². The first-order chi connectivity index (χ1) is 7.41. The van der Waals surface area contributed by atoms with Crippen molar-refractivity contribution in [3.8, 4) is 0 Å². The van der Waals surface area contributed by atoms with E-state index in [0.29, 0.717) is 11.5 Å². The number of carbonyl (C=O) groups is 1. The largest absolute Gasteiger partial charge is 0.444 e. The van der Waals surface area contributed by atoms with E-state index in [4.69, 9.17) is 4.74 Å². The molecule has 0 aromatic heterocycles. The maximum absolute atomic E-state index is 11.7. The number of ether oxygens (including phenoxy) is 1. The molecule has 2 rings (SSSR count). The molecule has 1 saturated heterocycles. The van der Waals surface area contributed by atoms with E-state index in [1.54, 1.807) is 0 Å². The molecule has 1 amide bonds. The Hall–Kier alpha value is -0.770. The Morgan fingerprint density at radius 1 is 1.44 bits per heavy atom. The van der Waals surface area contributed by atoms with Gasteiger partial charge in [0.25, 0.3) is 0 Å². The van der Waals surface area contributed by atoms with Gasteiger partial charge < -0.3 is 15.4 Å². The minimum absolute atomic E-state index is 0.273. The van der Waals surface area contributed by atoms with Crippen LogP contribution in [0.1, 0.15) is 40.0 Å². The molecular weight excluding hydrogens is 204 g/mol. The van der Waals surface area contributed by atoms with E-state index in [-0.39, 0.29) is 6.09 Å². The van der Waals surface area contributed by atoms with Crippen LogP contribution < -0.4 is 10.6 Å². The van der Waals surface area contributed by atoms with Crippen LogP contribution in [-0.4, -0.2) is 30.8 Å². The Morgan fingerprint density at radius 2 is 2.12 bits per heavy atom. The summed E-state index contributed by atoms with van der Waals surface area (Å²) in [4.78, 5) is 11.7. The normalized spacial score (nSPS) is 27.6. The molecule has 1 aliphatic carbocycles. The van der Waals surface area contributed by atoms with Gasteiger partial charge in [-0.3, -0.25) is 0 Å². The van der Waals surface area contributed by atoms with E-state index in [1.165, 1.54) is 12.8 Å². The Morgan fingerprint density at radius 3 is 2.69 bits per heavy atom. The molecule has 0 bridgehead atoms. The average Bonchev–Trinajstić information content (AvgIpc) is 2.87. The van der Waals surface area contributed by atoms with E-state index >= 15 is 0 Å². The third-order valence-corrected chi connectivity index (χ3v) is 3.41. The number of carbonyl (C=O) groups excluding carboxylic acids is 1. The molecular formula is C12H22N2O2. The van der Waals surface area contributed by atoms with Crippen molar-refractivity contribution in [1.82, 2.24) is 10.6 Å². The van der Waals surface area contributed by atoms with Gasteiger partial charge in [0, 0.05) is 18.0 Å². The fourth-order valence-electron chi connectivity index (χ4n) is 2.37. The van der Waals surface area contributed by atoms with E-state index < -0.39 is 5.60 Å². The second kappa shape index (κ2) is 3.91. The van der Waals surface area contributed by atoms with Crippen molar-refractivity contribution in [3.63, 3.8) is 0 Å². The molecule has 2 N–H and O–H groups in total. The fourth-order valence-corrected chi connectivity index (χ4v) is 2.37. The van der Waals surface area contributed by atoms with Gasteiger partial charge in [0.05, 0.1) is 0 Å². The lowest BCUT2D eigenvalue weighted by atomic mass is 9.90. The van der Waals surface area contributed by atoms with Crippen molar-refractivity contribution in [1.29, 1.82) is 0 Å². The van der Waals surface area contributed by atoms with Crippen molar-refractivity contribution in [2.24, 2.45) is 5.41 Å². The first-order valence-electron chi connectivity index (χ1n) is 6.12. The van der Waals surface area contributed by atoms with Crippen molar-refractivity contribution in [2.45, 2.75) is 51.7 Å². The molecule has 1 saturated carbocycles. The van der Waals surface area contributed by atoms with Gasteiger partial charge in [-0.05, 0) is 46.6 Å². The van der Waals surface area contributed by atoms with Gasteiger partial charge >= 0.3 is 6.09 Å². The molecule has 1 unspecified atom stereocenters. The number of amides is 1. The van der Waals surface area contributed by atoms with Crippen molar-refractivity contribution < 1.29 is 9.53 Å². The molecule has 0 aromatic rings. The quantitative estimate of drug-likeness (QED) is 0.715. The minimum Gasteiger partial charge on any atom is -0.444 e. The molecule has 0 radical (unpaired) electrons. The summed E-state index contributed by atoms with van der Waals surface area (Å²) < 4.78 is 5.29. The van der Waals surface area contributed by atoms with Gasteiger partial charge in [-0.1, -0.05) is 0 Å². The van der Waals surface area contributed by atoms with Crippen molar-refractivity contribution in [2.75, 3.05) is 13.1 Å². The molecule has 2 fully saturated rings. The highest BCUT2D eigenvalue weighted by molar-refractivity contribution is 5.68. The number of rotatable bonds is 1. The van der Waals surface area contributed by atoms with Crippen LogP contribution in [-0.2, 0) is 4.74 Å². The monoisotopic (exact) mass is 226 g/mol. The third kappa shape index (κ3) is 2.67. The second-order valence-corrected chi connectivity index (χ2v) is 6.03. The Labute approximate surface area is 97.1 Å². The number of hydrogen-bond donors (Lipinski definition) is 2. The lowest BCUT2D eigenvalue weighted by Crippen LogP contribution is -2.51. The molecule has 1 aliphatic heterocycles. The first kappa shape index (κ1) is 11.7. The lowest BCUT2D eigenvalue weighted by Gasteiger charge is -2.33. The fraction of sp³-hybridized carbons (Fsp3) is 0.917. The number of hydrogen-bond acceptors (Lipinski definition) is 3. The molecule has 92 valence electrons. The van der Waals surface area contributed by atoms with E-state index in [9.17, 15) is 4.79 Å². The summed E-state index contributed by atoms with van der Waals surface area (Å²) in [5.41, 5.74) is -0.0805. The molecule has 0 aromatic carbocycles. The third-order valence-electron chi connectivity index (χ3n) is 3.41. The summed E-state index contributed by atoms with van der Waals surface area (Å²) in [5.74, 6) is 0. The summed E-state index contributed by atoms with van der Waals surface area (Å²) >= 11 is 0. The highest BCUT2D eigenvalue weighted by Crippen LogP contribution is 2.50. The van der Waals surface area contributed by atoms with Crippen LogP contribution in [0.15, 0.2) is 0 Å². The lowest BCUT2D eigenvalue weighted by molar-refractivity contribution is 0.0465. The Kier molecular flexibility index (Phi) is 2.86. The van der Waals surface area contributed by atoms with Crippen LogP contribution in [0, 0.1) is 5.41 Å². The van der Waals surface area contributed by atoms with Crippen LogP contribution in [0.4, 0.5) is 4.79 Å². The zero-order chi connectivity index (χ0) is 11.8. The van der Waals surface area contributed by atoms with E-state index in [0.717, 1.165) is 19.5 Å². The smallest absolute Gasteiger partial charge is 0.407 e. The van der Waals surface area contributed by atoms with Gasteiger partial charge in [-0.15, -0.1) is 0 Å². The second-order valence-electron chi connectivity index (χ2n) is 6.03. The zero-order valence-electron chi connectivity index (χ0n) is 10.4. The average molecular weight is 226 g/mol. The maximum atomic E-state index is 11.7. The van der Waals surface area contributed by atoms with Gasteiger partial charge in [0.1, 0.15) is 5.60 Å². The number of nitrogens with one attached hydrogen (secondary N) is 2. The van der Waals surface area contributed by atoms with Crippen LogP contribution in [0.3, 0.4) is 0 Å². The van der Waals surface area contributed by atoms with Crippen LogP contribution >= 0.6 is 0 Å². The summed E-state index contributed by atoms with van der Waals surface area (Å²) in [6.07, 6.45) is 3.19. The van der Waals surface area contributed by atoms with Gasteiger partial charge in [-0.2, -0.15) is 0 Å². The van der Waals surface area contributed by atoms with Crippen molar-refractivity contribution in [3.05, 3.63) is 0 Å². The standard InChI is InChI=1S/C12H22N2O2/c1-11(2,3)16-10(15)14-9-4-7-13-8-12(9)5-6-12/h9,13H,4-8H2,1-3H3,(H,14,15). The minimum atomic E-state index is -0.409. The summed E-state index contributed by atoms with van der Waals surface area (Å²) in [6.45, 7) is 7.70. The van der Waals surface area contributed by atoms with Gasteiger partial charge in [0.15, 0.2) is 0 Å². The molecule has 2 aliphatic rings. The Bertz CT molecular complexity index is 279. The molecule has 1 spiro atoms. The highest BCUT2D eigenvalue weighted by Gasteiger charge is 2.51. The number of alkyl carbamates (subject to hydrolysis) is 1. The molecule has 1 atom stereocenters. The summed E-state index contributed by atoms with van der Waals surface area (Å²) in [5, 5.41) is 6.42.